The summed E-state index contributed by atoms with van der Waals surface area (Å²) >= 11 is 0. The van der Waals surface area contributed by atoms with E-state index in [4.69, 9.17) is 5.73 Å². The number of aryl methyl sites for hydroxylation is 1. The summed E-state index contributed by atoms with van der Waals surface area (Å²) in [6, 6.07) is 10.1. The van der Waals surface area contributed by atoms with Crippen molar-refractivity contribution in [2.45, 2.75) is 33.2 Å². The molecule has 11 heteroatoms. The minimum Gasteiger partial charge on any atom is -0.378 e. The molecule has 11 nitrogen and oxygen atoms in total. The number of carbonyl (C=O) groups excluding carboxylic acids is 1. The van der Waals surface area contributed by atoms with Gasteiger partial charge >= 0.3 is 0 Å². The number of hydrogen-bond acceptors (Lipinski definition) is 9. The van der Waals surface area contributed by atoms with Gasteiger partial charge in [-0.2, -0.15) is 9.78 Å². The second kappa shape index (κ2) is 10.3. The van der Waals surface area contributed by atoms with Crippen molar-refractivity contribution in [1.29, 1.82) is 0 Å². The van der Waals surface area contributed by atoms with Gasteiger partial charge in [-0.15, -0.1) is 5.10 Å². The van der Waals surface area contributed by atoms with Gasteiger partial charge in [0, 0.05) is 12.8 Å². The summed E-state index contributed by atoms with van der Waals surface area (Å²) in [4.78, 5) is 15.0. The van der Waals surface area contributed by atoms with Gasteiger partial charge in [-0.05, 0) is 41.8 Å². The standard InChI is InChI=1S/C19H25N9O2/c1-3-27(4-2)13-15-16(28(26-22-15)18-17(20)24-30-25-18)19(29)23-21-12-8-11-14-9-6-5-7-10-14/h5-7,9-10,12H,3-4,8,11,13H2,1-2H3,(H2,20,24)(H,23,29)/b21-12-. The molecule has 158 valence electrons. The third-order valence-corrected chi connectivity index (χ3v) is 4.58. The van der Waals surface area contributed by atoms with E-state index in [0.29, 0.717) is 18.7 Å². The summed E-state index contributed by atoms with van der Waals surface area (Å²) in [6.45, 7) is 6.11. The number of nitrogen functional groups attached to an aromatic ring is 1. The fourth-order valence-electron chi connectivity index (χ4n) is 2.89. The van der Waals surface area contributed by atoms with Crippen LogP contribution in [-0.4, -0.2) is 55.4 Å². The Morgan fingerprint density at radius 3 is 2.70 bits per heavy atom. The maximum atomic E-state index is 12.9. The quantitative estimate of drug-likeness (QED) is 0.377. The zero-order valence-corrected chi connectivity index (χ0v) is 17.0. The number of nitrogens with two attached hydrogens (primary N) is 1. The Bertz CT molecular complexity index is 977. The summed E-state index contributed by atoms with van der Waals surface area (Å²) < 4.78 is 5.86. The molecule has 0 aliphatic rings. The fourth-order valence-corrected chi connectivity index (χ4v) is 2.89. The van der Waals surface area contributed by atoms with Crippen molar-refractivity contribution in [3.8, 4) is 5.82 Å². The highest BCUT2D eigenvalue weighted by Gasteiger charge is 2.25. The average Bonchev–Trinajstić information content (AvgIpc) is 3.37. The van der Waals surface area contributed by atoms with Gasteiger partial charge < -0.3 is 5.73 Å². The minimum atomic E-state index is -0.472. The third-order valence-electron chi connectivity index (χ3n) is 4.58. The first-order valence-electron chi connectivity index (χ1n) is 9.75. The van der Waals surface area contributed by atoms with Crippen LogP contribution in [0.1, 0.15) is 42.0 Å². The number of amides is 1. The van der Waals surface area contributed by atoms with Gasteiger partial charge in [0.15, 0.2) is 5.69 Å². The van der Waals surface area contributed by atoms with Crippen LogP contribution in [0, 0.1) is 0 Å². The predicted molar refractivity (Wildman–Crippen MR) is 111 cm³/mol. The summed E-state index contributed by atoms with van der Waals surface area (Å²) in [5.41, 5.74) is 10.2. The molecule has 0 saturated carbocycles. The molecule has 30 heavy (non-hydrogen) atoms. The van der Waals surface area contributed by atoms with E-state index in [-0.39, 0.29) is 17.3 Å². The first-order valence-corrected chi connectivity index (χ1v) is 9.75. The number of carbonyl (C=O) groups is 1. The lowest BCUT2D eigenvalue weighted by Crippen LogP contribution is -2.27. The van der Waals surface area contributed by atoms with Crippen LogP contribution < -0.4 is 11.2 Å². The molecule has 0 saturated heterocycles. The van der Waals surface area contributed by atoms with E-state index in [0.717, 1.165) is 19.5 Å². The number of nitrogens with zero attached hydrogens (tertiary/aromatic N) is 7. The molecule has 3 aromatic rings. The lowest BCUT2D eigenvalue weighted by Gasteiger charge is -2.16. The third kappa shape index (κ3) is 5.06. The van der Waals surface area contributed by atoms with Crippen LogP contribution >= 0.6 is 0 Å². The zero-order chi connectivity index (χ0) is 21.3. The van der Waals surface area contributed by atoms with Gasteiger partial charge in [0.1, 0.15) is 5.69 Å². The monoisotopic (exact) mass is 411 g/mol. The maximum Gasteiger partial charge on any atom is 0.292 e. The smallest absolute Gasteiger partial charge is 0.292 e. The molecule has 3 N–H and O–H groups in total. The number of benzene rings is 1. The summed E-state index contributed by atoms with van der Waals surface area (Å²) in [5, 5.41) is 19.5. The molecule has 0 atom stereocenters. The van der Waals surface area contributed by atoms with Crippen LogP contribution in [0.15, 0.2) is 40.1 Å². The second-order valence-corrected chi connectivity index (χ2v) is 6.51. The Morgan fingerprint density at radius 1 is 1.27 bits per heavy atom. The van der Waals surface area contributed by atoms with Crippen molar-refractivity contribution in [1.82, 2.24) is 35.6 Å². The molecule has 0 aliphatic carbocycles. The molecule has 1 amide bonds. The number of hydrogen-bond donors (Lipinski definition) is 2. The van der Waals surface area contributed by atoms with Crippen molar-refractivity contribution in [3.05, 3.63) is 47.3 Å². The van der Waals surface area contributed by atoms with Crippen LogP contribution in [0.2, 0.25) is 0 Å². The van der Waals surface area contributed by atoms with Crippen LogP contribution in [-0.2, 0) is 13.0 Å². The van der Waals surface area contributed by atoms with Gasteiger partial charge in [-0.3, -0.25) is 9.69 Å². The first kappa shape index (κ1) is 21.1. The van der Waals surface area contributed by atoms with Crippen LogP contribution in [0.4, 0.5) is 5.82 Å². The van der Waals surface area contributed by atoms with Crippen molar-refractivity contribution in [2.75, 3.05) is 18.8 Å². The van der Waals surface area contributed by atoms with Crippen molar-refractivity contribution >= 4 is 17.9 Å². The van der Waals surface area contributed by atoms with E-state index in [1.807, 2.05) is 44.2 Å². The molecule has 2 aromatic heterocycles. The molecule has 0 radical (unpaired) electrons. The van der Waals surface area contributed by atoms with Gasteiger partial charge in [0.2, 0.25) is 11.6 Å². The normalized spacial score (nSPS) is 11.4. The van der Waals surface area contributed by atoms with E-state index in [2.05, 4.69) is 40.7 Å². The highest BCUT2D eigenvalue weighted by atomic mass is 16.6. The molecule has 0 spiro atoms. The number of hydrazone groups is 1. The Balaban J connectivity index is 1.74. The molecular weight excluding hydrogens is 386 g/mol. The highest BCUT2D eigenvalue weighted by Crippen LogP contribution is 2.17. The summed E-state index contributed by atoms with van der Waals surface area (Å²) in [6.07, 6.45) is 3.18. The van der Waals surface area contributed by atoms with Crippen molar-refractivity contribution < 1.29 is 9.42 Å². The highest BCUT2D eigenvalue weighted by molar-refractivity contribution is 5.94. The Labute approximate surface area is 173 Å². The van der Waals surface area contributed by atoms with Gasteiger partial charge in [-0.25, -0.2) is 10.1 Å². The minimum absolute atomic E-state index is 0.00898. The van der Waals surface area contributed by atoms with Gasteiger partial charge in [0.25, 0.3) is 5.91 Å². The lowest BCUT2D eigenvalue weighted by atomic mass is 10.1. The van der Waals surface area contributed by atoms with Gasteiger partial charge in [-0.1, -0.05) is 49.4 Å². The number of rotatable bonds is 10. The van der Waals surface area contributed by atoms with E-state index >= 15 is 0 Å². The molecule has 0 bridgehead atoms. The van der Waals surface area contributed by atoms with Crippen LogP contribution in [0.5, 0.6) is 0 Å². The van der Waals surface area contributed by atoms with E-state index in [1.165, 1.54) is 10.2 Å². The van der Waals surface area contributed by atoms with Crippen LogP contribution in [0.3, 0.4) is 0 Å². The second-order valence-electron chi connectivity index (χ2n) is 6.51. The first-order chi connectivity index (χ1) is 14.6. The van der Waals surface area contributed by atoms with Crippen molar-refractivity contribution in [3.63, 3.8) is 0 Å². The predicted octanol–water partition coefficient (Wildman–Crippen LogP) is 1.42. The Morgan fingerprint density at radius 2 is 2.03 bits per heavy atom. The Kier molecular flexibility index (Phi) is 7.22. The van der Waals surface area contributed by atoms with Crippen LogP contribution in [0.25, 0.3) is 5.82 Å². The molecule has 1 aromatic carbocycles. The SMILES string of the molecule is CCN(CC)Cc1nnn(-c2nonc2N)c1C(=O)N/N=C\CCc1ccccc1. The molecular formula is C19H25N9O2. The van der Waals surface area contributed by atoms with Gasteiger partial charge in [0.05, 0.1) is 0 Å². The number of anilines is 1. The van der Waals surface area contributed by atoms with E-state index in [1.54, 1.807) is 6.21 Å². The number of nitrogens with one attached hydrogen (secondary N) is 1. The van der Waals surface area contributed by atoms with Crippen molar-refractivity contribution in [2.24, 2.45) is 5.10 Å². The zero-order valence-electron chi connectivity index (χ0n) is 17.0. The lowest BCUT2D eigenvalue weighted by molar-refractivity contribution is 0.0945. The summed E-state index contributed by atoms with van der Waals surface area (Å²) in [5.74, 6) is -0.360. The van der Waals surface area contributed by atoms with E-state index < -0.39 is 5.91 Å². The molecule has 0 aliphatic heterocycles. The molecule has 0 fully saturated rings. The summed E-state index contributed by atoms with van der Waals surface area (Å²) in [7, 11) is 0. The Hall–Kier alpha value is -3.60. The fraction of sp³-hybridized carbons (Fsp3) is 0.368. The topological polar surface area (TPSA) is 140 Å². The average molecular weight is 411 g/mol. The maximum absolute atomic E-state index is 12.9. The molecule has 0 unspecified atom stereocenters. The molecule has 3 rings (SSSR count). The van der Waals surface area contributed by atoms with E-state index in [9.17, 15) is 4.79 Å². The number of aromatic nitrogens is 5. The molecule has 2 heterocycles. The largest absolute Gasteiger partial charge is 0.378 e.